The van der Waals surface area contributed by atoms with Crippen LogP contribution in [0.15, 0.2) is 35.6 Å². The van der Waals surface area contributed by atoms with Crippen LogP contribution in [0.25, 0.3) is 0 Å². The van der Waals surface area contributed by atoms with E-state index in [2.05, 4.69) is 32.7 Å². The molecular formula is C19H30N6O2. The summed E-state index contributed by atoms with van der Waals surface area (Å²) in [4.78, 5) is 4.55. The summed E-state index contributed by atoms with van der Waals surface area (Å²) in [6.07, 6.45) is 2.63. The second-order valence-corrected chi connectivity index (χ2v) is 5.85. The Morgan fingerprint density at radius 2 is 2.07 bits per heavy atom. The molecule has 27 heavy (non-hydrogen) atoms. The lowest BCUT2D eigenvalue weighted by atomic mass is 10.2. The van der Waals surface area contributed by atoms with E-state index in [1.807, 2.05) is 35.8 Å². The molecule has 148 valence electrons. The van der Waals surface area contributed by atoms with Crippen molar-refractivity contribution in [2.45, 2.75) is 33.4 Å². The summed E-state index contributed by atoms with van der Waals surface area (Å²) in [6.45, 7) is 8.10. The van der Waals surface area contributed by atoms with Gasteiger partial charge in [0.2, 0.25) is 0 Å². The molecule has 2 N–H and O–H groups in total. The highest BCUT2D eigenvalue weighted by Crippen LogP contribution is 2.17. The van der Waals surface area contributed by atoms with Crippen LogP contribution >= 0.6 is 0 Å². The lowest BCUT2D eigenvalue weighted by Gasteiger charge is -2.12. The number of guanidine groups is 1. The van der Waals surface area contributed by atoms with Crippen LogP contribution in [-0.4, -0.2) is 54.1 Å². The lowest BCUT2D eigenvalue weighted by Crippen LogP contribution is -2.39. The lowest BCUT2D eigenvalue weighted by molar-refractivity contribution is 0.126. The Labute approximate surface area is 161 Å². The maximum absolute atomic E-state index is 5.72. The molecule has 1 heterocycles. The fourth-order valence-electron chi connectivity index (χ4n) is 2.60. The number of benzene rings is 1. The van der Waals surface area contributed by atoms with Crippen LogP contribution in [0.3, 0.4) is 0 Å². The number of aliphatic imine (C=N–C) groups is 1. The molecule has 1 aromatic carbocycles. The molecule has 2 aromatic rings. The number of nitrogens with zero attached hydrogens (tertiary/aromatic N) is 4. The maximum atomic E-state index is 5.72. The molecule has 0 saturated heterocycles. The Hall–Kier alpha value is -2.61. The first-order valence-corrected chi connectivity index (χ1v) is 9.37. The van der Waals surface area contributed by atoms with E-state index in [1.165, 1.54) is 0 Å². The minimum Gasteiger partial charge on any atom is -0.496 e. The number of ether oxygens (including phenoxy) is 2. The van der Waals surface area contributed by atoms with E-state index in [1.54, 1.807) is 13.4 Å². The monoisotopic (exact) mass is 374 g/mol. The summed E-state index contributed by atoms with van der Waals surface area (Å²) in [5, 5.41) is 14.6. The van der Waals surface area contributed by atoms with Crippen LogP contribution in [0.4, 0.5) is 0 Å². The van der Waals surface area contributed by atoms with Crippen LogP contribution in [0, 0.1) is 0 Å². The molecule has 0 aliphatic rings. The molecule has 0 radical (unpaired) electrons. The van der Waals surface area contributed by atoms with Crippen molar-refractivity contribution in [3.63, 3.8) is 0 Å². The zero-order chi connectivity index (χ0) is 19.3. The Balaban J connectivity index is 1.72. The van der Waals surface area contributed by atoms with Crippen molar-refractivity contribution >= 4 is 5.96 Å². The average molecular weight is 374 g/mol. The SMILES string of the molecule is CCNC(=NCCOCc1ccccc1OC)NCCn1cnnc1CC. The highest BCUT2D eigenvalue weighted by atomic mass is 16.5. The summed E-state index contributed by atoms with van der Waals surface area (Å²) in [6, 6.07) is 7.86. The van der Waals surface area contributed by atoms with Gasteiger partial charge in [-0.3, -0.25) is 4.99 Å². The molecule has 0 bridgehead atoms. The van der Waals surface area contributed by atoms with Gasteiger partial charge < -0.3 is 24.7 Å². The number of aromatic nitrogens is 3. The van der Waals surface area contributed by atoms with Crippen molar-refractivity contribution in [3.05, 3.63) is 42.0 Å². The first-order valence-electron chi connectivity index (χ1n) is 9.37. The van der Waals surface area contributed by atoms with Crippen LogP contribution < -0.4 is 15.4 Å². The Bertz CT molecular complexity index is 701. The molecule has 0 unspecified atom stereocenters. The summed E-state index contributed by atoms with van der Waals surface area (Å²) >= 11 is 0. The van der Waals surface area contributed by atoms with Crippen LogP contribution in [0.1, 0.15) is 25.2 Å². The quantitative estimate of drug-likeness (QED) is 0.353. The third kappa shape index (κ3) is 6.90. The fourth-order valence-corrected chi connectivity index (χ4v) is 2.60. The van der Waals surface area contributed by atoms with Crippen molar-refractivity contribution in [2.24, 2.45) is 4.99 Å². The van der Waals surface area contributed by atoms with Crippen LogP contribution in [0.5, 0.6) is 5.75 Å². The molecular weight excluding hydrogens is 344 g/mol. The van der Waals surface area contributed by atoms with E-state index >= 15 is 0 Å². The van der Waals surface area contributed by atoms with E-state index < -0.39 is 0 Å². The molecule has 0 fully saturated rings. The number of nitrogens with one attached hydrogen (secondary N) is 2. The second-order valence-electron chi connectivity index (χ2n) is 5.85. The van der Waals surface area contributed by atoms with Gasteiger partial charge in [-0.15, -0.1) is 10.2 Å². The van der Waals surface area contributed by atoms with E-state index in [9.17, 15) is 0 Å². The summed E-state index contributed by atoms with van der Waals surface area (Å²) in [7, 11) is 1.67. The first kappa shape index (κ1) is 20.7. The molecule has 0 aliphatic heterocycles. The van der Waals surface area contributed by atoms with E-state index in [-0.39, 0.29) is 0 Å². The number of hydrogen-bond acceptors (Lipinski definition) is 5. The average Bonchev–Trinajstić information content (AvgIpc) is 3.15. The van der Waals surface area contributed by atoms with Gasteiger partial charge in [0.1, 0.15) is 17.9 Å². The Kier molecular flexibility index (Phi) is 9.12. The van der Waals surface area contributed by atoms with Gasteiger partial charge in [-0.25, -0.2) is 0 Å². The predicted octanol–water partition coefficient (Wildman–Crippen LogP) is 1.62. The van der Waals surface area contributed by atoms with Crippen LogP contribution in [-0.2, 0) is 24.3 Å². The van der Waals surface area contributed by atoms with E-state index in [0.717, 1.165) is 49.2 Å². The van der Waals surface area contributed by atoms with E-state index in [4.69, 9.17) is 9.47 Å². The molecule has 0 amide bonds. The molecule has 0 spiro atoms. The number of methoxy groups -OCH3 is 1. The summed E-state index contributed by atoms with van der Waals surface area (Å²) in [5.74, 6) is 2.62. The van der Waals surface area contributed by atoms with Gasteiger partial charge in [0, 0.05) is 31.6 Å². The highest BCUT2D eigenvalue weighted by Gasteiger charge is 2.03. The zero-order valence-electron chi connectivity index (χ0n) is 16.4. The standard InChI is InChI=1S/C19H30N6O2/c1-4-18-24-23-15-25(18)12-10-21-19(20-5-2)22-11-13-27-14-16-8-6-7-9-17(16)26-3/h6-9,15H,4-5,10-14H2,1-3H3,(H2,20,21,22). The van der Waals surface area contributed by atoms with Crippen molar-refractivity contribution < 1.29 is 9.47 Å². The largest absolute Gasteiger partial charge is 0.496 e. The molecule has 0 saturated carbocycles. The Morgan fingerprint density at radius 1 is 1.22 bits per heavy atom. The second kappa shape index (κ2) is 11.9. The van der Waals surface area contributed by atoms with Gasteiger partial charge in [0.15, 0.2) is 5.96 Å². The maximum Gasteiger partial charge on any atom is 0.191 e. The zero-order valence-corrected chi connectivity index (χ0v) is 16.4. The third-order valence-corrected chi connectivity index (χ3v) is 3.96. The van der Waals surface area contributed by atoms with Crippen molar-refractivity contribution in [1.82, 2.24) is 25.4 Å². The topological polar surface area (TPSA) is 85.6 Å². The number of hydrogen-bond donors (Lipinski definition) is 2. The molecule has 8 heteroatoms. The minimum atomic E-state index is 0.511. The normalized spacial score (nSPS) is 11.4. The summed E-state index contributed by atoms with van der Waals surface area (Å²) in [5.41, 5.74) is 1.04. The van der Waals surface area contributed by atoms with Crippen molar-refractivity contribution in [3.8, 4) is 5.75 Å². The minimum absolute atomic E-state index is 0.511. The van der Waals surface area contributed by atoms with Gasteiger partial charge >= 0.3 is 0 Å². The number of para-hydroxylation sites is 1. The van der Waals surface area contributed by atoms with Gasteiger partial charge in [-0.2, -0.15) is 0 Å². The fraction of sp³-hybridized carbons (Fsp3) is 0.526. The van der Waals surface area contributed by atoms with Gasteiger partial charge in [-0.05, 0) is 13.0 Å². The smallest absolute Gasteiger partial charge is 0.191 e. The third-order valence-electron chi connectivity index (χ3n) is 3.96. The highest BCUT2D eigenvalue weighted by molar-refractivity contribution is 5.79. The van der Waals surface area contributed by atoms with Crippen LogP contribution in [0.2, 0.25) is 0 Å². The van der Waals surface area contributed by atoms with Crippen molar-refractivity contribution in [1.29, 1.82) is 0 Å². The van der Waals surface area contributed by atoms with E-state index in [0.29, 0.717) is 19.8 Å². The Morgan fingerprint density at radius 3 is 2.85 bits per heavy atom. The molecule has 2 rings (SSSR count). The predicted molar refractivity (Wildman–Crippen MR) is 106 cm³/mol. The molecule has 8 nitrogen and oxygen atoms in total. The van der Waals surface area contributed by atoms with Crippen molar-refractivity contribution in [2.75, 3.05) is 33.4 Å². The molecule has 1 aromatic heterocycles. The van der Waals surface area contributed by atoms with Gasteiger partial charge in [0.25, 0.3) is 0 Å². The molecule has 0 atom stereocenters. The first-order chi connectivity index (χ1) is 13.3. The van der Waals surface area contributed by atoms with Gasteiger partial charge in [-0.1, -0.05) is 25.1 Å². The molecule has 0 aliphatic carbocycles. The number of rotatable bonds is 11. The number of aryl methyl sites for hydroxylation is 1. The van der Waals surface area contributed by atoms with Gasteiger partial charge in [0.05, 0.1) is 26.9 Å². The summed E-state index contributed by atoms with van der Waals surface area (Å²) < 4.78 is 13.1.